The van der Waals surface area contributed by atoms with Crippen LogP contribution in [0.1, 0.15) is 90.9 Å². The van der Waals surface area contributed by atoms with Crippen LogP contribution in [0.3, 0.4) is 0 Å². The van der Waals surface area contributed by atoms with Gasteiger partial charge in [-0.3, -0.25) is 0 Å². The van der Waals surface area contributed by atoms with E-state index in [1.165, 1.54) is 64.2 Å². The minimum atomic E-state index is -0.895. The van der Waals surface area contributed by atoms with E-state index in [2.05, 4.69) is 11.9 Å². The Hall–Kier alpha value is -1.06. The van der Waals surface area contributed by atoms with E-state index in [-0.39, 0.29) is 6.04 Å². The first kappa shape index (κ1) is 19.0. The molecule has 0 aliphatic carbocycles. The first-order valence-corrected chi connectivity index (χ1v) is 9.09. The van der Waals surface area contributed by atoms with E-state index in [0.29, 0.717) is 5.90 Å². The van der Waals surface area contributed by atoms with E-state index >= 15 is 0 Å². The summed E-state index contributed by atoms with van der Waals surface area (Å²) in [5.74, 6) is -0.380. The molecule has 0 saturated heterocycles. The molecule has 1 aliphatic rings. The van der Waals surface area contributed by atoms with Crippen molar-refractivity contribution in [2.75, 3.05) is 0 Å². The Morgan fingerprint density at radius 2 is 1.50 bits per heavy atom. The van der Waals surface area contributed by atoms with Gasteiger partial charge in [-0.2, -0.15) is 0 Å². The van der Waals surface area contributed by atoms with Gasteiger partial charge in [-0.15, -0.1) is 0 Å². The molecule has 1 rings (SSSR count). The summed E-state index contributed by atoms with van der Waals surface area (Å²) in [6.07, 6.45) is 14.4. The summed E-state index contributed by atoms with van der Waals surface area (Å²) in [4.78, 5) is 15.3. The quantitative estimate of drug-likeness (QED) is 0.489. The van der Waals surface area contributed by atoms with Crippen LogP contribution in [-0.2, 0) is 9.53 Å². The molecule has 0 saturated carbocycles. The largest absolute Gasteiger partial charge is 0.478 e. The number of carboxylic acid groups (broad SMARTS) is 1. The normalized spacial score (nSPS) is 20.7. The van der Waals surface area contributed by atoms with Gasteiger partial charge in [0.05, 0.1) is 0 Å². The molecule has 4 nitrogen and oxygen atoms in total. The van der Waals surface area contributed by atoms with Gasteiger partial charge in [-0.05, 0) is 6.42 Å². The lowest BCUT2D eigenvalue weighted by Gasteiger charge is -2.12. The minimum Gasteiger partial charge on any atom is -0.478 e. The average Bonchev–Trinajstić information content (AvgIpc) is 2.86. The Morgan fingerprint density at radius 3 is 2.00 bits per heavy atom. The summed E-state index contributed by atoms with van der Waals surface area (Å²) in [5.41, 5.74) is 0. The zero-order chi connectivity index (χ0) is 16.2. The van der Waals surface area contributed by atoms with Crippen molar-refractivity contribution in [2.24, 2.45) is 4.99 Å². The van der Waals surface area contributed by atoms with Gasteiger partial charge >= 0.3 is 5.97 Å². The van der Waals surface area contributed by atoms with Crippen molar-refractivity contribution in [3.63, 3.8) is 0 Å². The summed E-state index contributed by atoms with van der Waals surface area (Å²) in [5, 5.41) is 9.08. The van der Waals surface area contributed by atoms with E-state index in [1.807, 2.05) is 0 Å². The third-order valence-electron chi connectivity index (χ3n) is 4.34. The fourth-order valence-electron chi connectivity index (χ4n) is 3.04. The number of aliphatic carboxylic acids is 1. The first-order chi connectivity index (χ1) is 10.6. The van der Waals surface area contributed by atoms with Crippen LogP contribution in [0.2, 0.25) is 0 Å². The molecule has 0 unspecified atom stereocenters. The van der Waals surface area contributed by atoms with Gasteiger partial charge in [-0.25, -0.2) is 9.79 Å². The van der Waals surface area contributed by atoms with Crippen molar-refractivity contribution in [1.82, 2.24) is 0 Å². The predicted molar refractivity (Wildman–Crippen MR) is 90.5 cm³/mol. The van der Waals surface area contributed by atoms with Crippen LogP contribution in [0.25, 0.3) is 0 Å². The molecule has 0 radical (unpaired) electrons. The molecule has 1 N–H and O–H groups in total. The third-order valence-corrected chi connectivity index (χ3v) is 4.34. The van der Waals surface area contributed by atoms with Crippen molar-refractivity contribution in [3.8, 4) is 0 Å². The van der Waals surface area contributed by atoms with Gasteiger partial charge in [0.25, 0.3) is 0 Å². The first-order valence-electron chi connectivity index (χ1n) is 9.09. The number of ether oxygens (including phenoxy) is 1. The maximum atomic E-state index is 11.1. The number of hydrogen-bond acceptors (Lipinski definition) is 3. The summed E-state index contributed by atoms with van der Waals surface area (Å²) in [7, 11) is 0. The standard InChI is InChI=1S/C18H33NO3/c1-3-4-5-6-7-8-9-10-11-12-13-14-16-17(18(20)21)22-15(2)19-16/h16-17H,3-14H2,1-2H3,(H,20,21)/t16-,17-/m0/s1. The third kappa shape index (κ3) is 7.81. The van der Waals surface area contributed by atoms with Crippen molar-refractivity contribution < 1.29 is 14.6 Å². The fourth-order valence-corrected chi connectivity index (χ4v) is 3.04. The Balaban J connectivity index is 1.94. The second kappa shape index (κ2) is 11.5. The smallest absolute Gasteiger partial charge is 0.347 e. The van der Waals surface area contributed by atoms with Gasteiger partial charge in [0.15, 0.2) is 5.90 Å². The van der Waals surface area contributed by atoms with Crippen molar-refractivity contribution in [2.45, 2.75) is 103 Å². The molecule has 4 heteroatoms. The van der Waals surface area contributed by atoms with E-state index in [4.69, 9.17) is 9.84 Å². The van der Waals surface area contributed by atoms with Crippen molar-refractivity contribution in [1.29, 1.82) is 0 Å². The molecule has 128 valence electrons. The number of nitrogens with zero attached hydrogens (tertiary/aromatic N) is 1. The Labute approximate surface area is 135 Å². The molecule has 0 aromatic heterocycles. The average molecular weight is 311 g/mol. The van der Waals surface area contributed by atoms with E-state index in [0.717, 1.165) is 12.8 Å². The van der Waals surface area contributed by atoms with Crippen molar-refractivity contribution >= 4 is 11.9 Å². The molecule has 0 aromatic carbocycles. The topological polar surface area (TPSA) is 58.9 Å². The lowest BCUT2D eigenvalue weighted by Crippen LogP contribution is -2.31. The van der Waals surface area contributed by atoms with Crippen LogP contribution in [0, 0.1) is 0 Å². The molecule has 2 atom stereocenters. The molecule has 0 amide bonds. The highest BCUT2D eigenvalue weighted by atomic mass is 16.5. The number of carbonyl (C=O) groups is 1. The van der Waals surface area contributed by atoms with Gasteiger partial charge in [0.2, 0.25) is 6.10 Å². The van der Waals surface area contributed by atoms with E-state index < -0.39 is 12.1 Å². The van der Waals surface area contributed by atoms with Crippen LogP contribution >= 0.6 is 0 Å². The van der Waals surface area contributed by atoms with Crippen molar-refractivity contribution in [3.05, 3.63) is 0 Å². The summed E-state index contributed by atoms with van der Waals surface area (Å²) in [6, 6.07) is -0.184. The maximum absolute atomic E-state index is 11.1. The zero-order valence-electron chi connectivity index (χ0n) is 14.4. The highest BCUT2D eigenvalue weighted by Crippen LogP contribution is 2.20. The van der Waals surface area contributed by atoms with Gasteiger partial charge in [0, 0.05) is 6.92 Å². The molecular formula is C18H33NO3. The van der Waals surface area contributed by atoms with Crippen LogP contribution in [0.15, 0.2) is 4.99 Å². The number of hydrogen-bond donors (Lipinski definition) is 1. The lowest BCUT2D eigenvalue weighted by atomic mass is 10.0. The highest BCUT2D eigenvalue weighted by Gasteiger charge is 2.34. The van der Waals surface area contributed by atoms with Crippen LogP contribution in [0.5, 0.6) is 0 Å². The number of unbranched alkanes of at least 4 members (excludes halogenated alkanes) is 10. The number of carboxylic acids is 1. The fraction of sp³-hybridized carbons (Fsp3) is 0.889. The number of aliphatic imine (C=N–C) groups is 1. The molecule has 0 spiro atoms. The highest BCUT2D eigenvalue weighted by molar-refractivity contribution is 5.83. The molecule has 1 aliphatic heterocycles. The predicted octanol–water partition coefficient (Wildman–Crippen LogP) is 4.96. The van der Waals surface area contributed by atoms with E-state index in [9.17, 15) is 4.79 Å². The van der Waals surface area contributed by atoms with Gasteiger partial charge < -0.3 is 9.84 Å². The monoisotopic (exact) mass is 311 g/mol. The van der Waals surface area contributed by atoms with Crippen LogP contribution in [0.4, 0.5) is 0 Å². The molecule has 0 bridgehead atoms. The lowest BCUT2D eigenvalue weighted by molar-refractivity contribution is -0.145. The zero-order valence-corrected chi connectivity index (χ0v) is 14.4. The molecule has 0 aromatic rings. The van der Waals surface area contributed by atoms with E-state index in [1.54, 1.807) is 6.92 Å². The second-order valence-electron chi connectivity index (χ2n) is 6.42. The summed E-state index contributed by atoms with van der Waals surface area (Å²) >= 11 is 0. The SMILES string of the molecule is CCCCCCCCCCCCC[C@@H]1N=C(C)O[C@@H]1C(=O)O. The Bertz CT molecular complexity index is 341. The van der Waals surface area contributed by atoms with Crippen LogP contribution < -0.4 is 0 Å². The Morgan fingerprint density at radius 1 is 1.00 bits per heavy atom. The molecule has 1 heterocycles. The Kier molecular flexibility index (Phi) is 9.93. The van der Waals surface area contributed by atoms with Crippen LogP contribution in [-0.4, -0.2) is 29.1 Å². The van der Waals surface area contributed by atoms with Gasteiger partial charge in [-0.1, -0.05) is 77.6 Å². The molecule has 22 heavy (non-hydrogen) atoms. The number of rotatable bonds is 13. The summed E-state index contributed by atoms with van der Waals surface area (Å²) < 4.78 is 5.24. The minimum absolute atomic E-state index is 0.184. The second-order valence-corrected chi connectivity index (χ2v) is 6.42. The van der Waals surface area contributed by atoms with Gasteiger partial charge in [0.1, 0.15) is 6.04 Å². The summed E-state index contributed by atoms with van der Waals surface area (Å²) in [6.45, 7) is 3.99. The molecule has 0 fully saturated rings. The molecular weight excluding hydrogens is 278 g/mol. The maximum Gasteiger partial charge on any atom is 0.347 e.